The maximum absolute atomic E-state index is 9.43. The first-order valence-corrected chi connectivity index (χ1v) is 5.64. The Bertz CT molecular complexity index is 685. The Balaban J connectivity index is 2.32. The molecule has 0 fully saturated rings. The number of rotatable bonds is 2. The Labute approximate surface area is 111 Å². The van der Waals surface area contributed by atoms with E-state index in [1.807, 2.05) is 42.5 Å². The van der Waals surface area contributed by atoms with Gasteiger partial charge < -0.3 is 5.11 Å². The van der Waals surface area contributed by atoms with Crippen LogP contribution in [-0.2, 0) is 0 Å². The second-order valence-electron chi connectivity index (χ2n) is 3.95. The maximum Gasteiger partial charge on any atom is 0.130 e. The van der Waals surface area contributed by atoms with Gasteiger partial charge in [-0.25, -0.2) is 0 Å². The third-order valence-electron chi connectivity index (χ3n) is 2.64. The van der Waals surface area contributed by atoms with E-state index in [1.165, 1.54) is 6.08 Å². The van der Waals surface area contributed by atoms with Crippen molar-refractivity contribution in [3.8, 4) is 29.0 Å². The quantitative estimate of drug-likeness (QED) is 0.824. The smallest absolute Gasteiger partial charge is 0.130 e. The first-order valence-electron chi connectivity index (χ1n) is 5.64. The number of phenolic OH excluding ortho intramolecular Hbond substituents is 1. The molecule has 90 valence electrons. The molecule has 2 aromatic rings. The molecule has 2 aromatic carbocycles. The lowest BCUT2D eigenvalue weighted by atomic mass is 10.0. The van der Waals surface area contributed by atoms with E-state index in [0.717, 1.165) is 16.7 Å². The van der Waals surface area contributed by atoms with Crippen LogP contribution in [0.1, 0.15) is 5.56 Å². The molecule has 0 aliphatic heterocycles. The Hall–Kier alpha value is -3.04. The number of benzene rings is 2. The van der Waals surface area contributed by atoms with Crippen molar-refractivity contribution in [2.24, 2.45) is 0 Å². The van der Waals surface area contributed by atoms with Gasteiger partial charge in [0.1, 0.15) is 23.5 Å². The summed E-state index contributed by atoms with van der Waals surface area (Å²) in [5.41, 5.74) is 2.74. The minimum atomic E-state index is 0.0742. The second-order valence-corrected chi connectivity index (χ2v) is 3.95. The molecule has 0 saturated heterocycles. The lowest BCUT2D eigenvalue weighted by Crippen LogP contribution is -1.80. The molecule has 0 saturated carbocycles. The minimum Gasteiger partial charge on any atom is -0.508 e. The van der Waals surface area contributed by atoms with Gasteiger partial charge in [-0.3, -0.25) is 0 Å². The zero-order valence-electron chi connectivity index (χ0n) is 10.0. The number of hydrogen-bond acceptors (Lipinski definition) is 3. The molecule has 1 N–H and O–H groups in total. The highest BCUT2D eigenvalue weighted by atomic mass is 16.3. The Morgan fingerprint density at radius 3 is 2.21 bits per heavy atom. The van der Waals surface area contributed by atoms with E-state index in [2.05, 4.69) is 0 Å². The summed E-state index contributed by atoms with van der Waals surface area (Å²) >= 11 is 0. The van der Waals surface area contributed by atoms with Crippen LogP contribution >= 0.6 is 0 Å². The molecule has 0 spiro atoms. The molecule has 0 aromatic heterocycles. The second kappa shape index (κ2) is 5.53. The Morgan fingerprint density at radius 2 is 1.63 bits per heavy atom. The Morgan fingerprint density at radius 1 is 0.947 bits per heavy atom. The first-order chi connectivity index (χ1) is 9.22. The zero-order valence-corrected chi connectivity index (χ0v) is 10.0. The molecule has 0 heterocycles. The predicted octanol–water partition coefficient (Wildman–Crippen LogP) is 3.49. The van der Waals surface area contributed by atoms with Crippen LogP contribution in [0, 0.1) is 22.7 Å². The van der Waals surface area contributed by atoms with Crippen LogP contribution in [-0.4, -0.2) is 5.11 Å². The maximum atomic E-state index is 9.43. The summed E-state index contributed by atoms with van der Waals surface area (Å²) in [6.45, 7) is 0. The molecule has 0 atom stereocenters. The zero-order chi connectivity index (χ0) is 13.7. The van der Waals surface area contributed by atoms with Crippen molar-refractivity contribution in [2.75, 3.05) is 0 Å². The molecule has 19 heavy (non-hydrogen) atoms. The van der Waals surface area contributed by atoms with Gasteiger partial charge in [0.2, 0.25) is 0 Å². The van der Waals surface area contributed by atoms with Gasteiger partial charge in [-0.2, -0.15) is 10.5 Å². The van der Waals surface area contributed by atoms with Crippen LogP contribution in [0.25, 0.3) is 17.2 Å². The van der Waals surface area contributed by atoms with Crippen LogP contribution in [0.5, 0.6) is 5.75 Å². The van der Waals surface area contributed by atoms with E-state index in [1.54, 1.807) is 18.2 Å². The highest BCUT2D eigenvalue weighted by Crippen LogP contribution is 2.23. The molecule has 0 radical (unpaired) electrons. The molecule has 3 heteroatoms. The largest absolute Gasteiger partial charge is 0.508 e. The van der Waals surface area contributed by atoms with Gasteiger partial charge in [-0.1, -0.05) is 36.4 Å². The lowest BCUT2D eigenvalue weighted by molar-refractivity contribution is 0.475. The van der Waals surface area contributed by atoms with Gasteiger partial charge in [-0.05, 0) is 34.9 Å². The molecule has 3 nitrogen and oxygen atoms in total. The number of nitriles is 2. The van der Waals surface area contributed by atoms with Crippen molar-refractivity contribution in [1.82, 2.24) is 0 Å². The third kappa shape index (κ3) is 3.00. The number of hydrogen-bond donors (Lipinski definition) is 1. The molecular formula is C16H10N2O. The number of nitrogens with zero attached hydrogens (tertiary/aromatic N) is 2. The minimum absolute atomic E-state index is 0.0742. The van der Waals surface area contributed by atoms with Crippen LogP contribution < -0.4 is 0 Å². The average Bonchev–Trinajstić information content (AvgIpc) is 2.45. The number of allylic oxidation sites excluding steroid dienone is 1. The van der Waals surface area contributed by atoms with Crippen LogP contribution in [0.3, 0.4) is 0 Å². The molecule has 0 aliphatic rings. The summed E-state index contributed by atoms with van der Waals surface area (Å²) in [5.74, 6) is 0.220. The summed E-state index contributed by atoms with van der Waals surface area (Å²) in [4.78, 5) is 0. The highest BCUT2D eigenvalue weighted by Gasteiger charge is 1.99. The van der Waals surface area contributed by atoms with E-state index in [4.69, 9.17) is 10.5 Å². The fourth-order valence-corrected chi connectivity index (χ4v) is 1.71. The number of aromatic hydroxyl groups is 1. The van der Waals surface area contributed by atoms with E-state index in [-0.39, 0.29) is 11.3 Å². The molecule has 2 rings (SSSR count). The third-order valence-corrected chi connectivity index (χ3v) is 2.64. The van der Waals surface area contributed by atoms with E-state index >= 15 is 0 Å². The molecule has 0 unspecified atom stereocenters. The molecular weight excluding hydrogens is 236 g/mol. The molecule has 0 bridgehead atoms. The fraction of sp³-hybridized carbons (Fsp3) is 0. The van der Waals surface area contributed by atoms with Crippen molar-refractivity contribution in [1.29, 1.82) is 10.5 Å². The summed E-state index contributed by atoms with van der Waals surface area (Å²) in [6.07, 6.45) is 1.53. The van der Waals surface area contributed by atoms with Gasteiger partial charge in [-0.15, -0.1) is 0 Å². The van der Waals surface area contributed by atoms with Crippen molar-refractivity contribution < 1.29 is 5.11 Å². The lowest BCUT2D eigenvalue weighted by Gasteiger charge is -2.02. The van der Waals surface area contributed by atoms with Crippen LogP contribution in [0.15, 0.2) is 54.1 Å². The monoisotopic (exact) mass is 246 g/mol. The topological polar surface area (TPSA) is 67.8 Å². The van der Waals surface area contributed by atoms with Crippen molar-refractivity contribution >= 4 is 6.08 Å². The average molecular weight is 246 g/mol. The van der Waals surface area contributed by atoms with E-state index < -0.39 is 0 Å². The predicted molar refractivity (Wildman–Crippen MR) is 72.7 cm³/mol. The number of phenols is 1. The van der Waals surface area contributed by atoms with Crippen molar-refractivity contribution in [2.45, 2.75) is 0 Å². The summed E-state index contributed by atoms with van der Waals surface area (Å²) in [7, 11) is 0. The van der Waals surface area contributed by atoms with Gasteiger partial charge >= 0.3 is 0 Å². The highest BCUT2D eigenvalue weighted by molar-refractivity contribution is 5.68. The molecule has 0 aliphatic carbocycles. The van der Waals surface area contributed by atoms with E-state index in [9.17, 15) is 5.11 Å². The van der Waals surface area contributed by atoms with Crippen LogP contribution in [0.4, 0.5) is 0 Å². The Kier molecular flexibility index (Phi) is 3.61. The normalized spacial score (nSPS) is 9.16. The summed E-state index contributed by atoms with van der Waals surface area (Å²) < 4.78 is 0. The summed E-state index contributed by atoms with van der Waals surface area (Å²) in [6, 6.07) is 18.0. The SMILES string of the molecule is N#CC(C#N)=Cc1ccc(-c2cccc(O)c2)cc1. The van der Waals surface area contributed by atoms with Crippen molar-refractivity contribution in [3.63, 3.8) is 0 Å². The van der Waals surface area contributed by atoms with Gasteiger partial charge in [0, 0.05) is 0 Å². The first kappa shape index (κ1) is 12.4. The standard InChI is InChI=1S/C16H10N2O/c17-10-13(11-18)8-12-4-6-14(7-5-12)15-2-1-3-16(19)9-15/h1-9,19H. The van der Waals surface area contributed by atoms with Crippen LogP contribution in [0.2, 0.25) is 0 Å². The van der Waals surface area contributed by atoms with Gasteiger partial charge in [0.05, 0.1) is 0 Å². The fourth-order valence-electron chi connectivity index (χ4n) is 1.71. The van der Waals surface area contributed by atoms with Crippen molar-refractivity contribution in [3.05, 3.63) is 59.7 Å². The molecule has 0 amide bonds. The van der Waals surface area contributed by atoms with Gasteiger partial charge in [0.25, 0.3) is 0 Å². The van der Waals surface area contributed by atoms with E-state index in [0.29, 0.717) is 0 Å². The summed E-state index contributed by atoms with van der Waals surface area (Å²) in [5, 5.41) is 26.8. The van der Waals surface area contributed by atoms with Gasteiger partial charge in [0.15, 0.2) is 0 Å².